The third kappa shape index (κ3) is 4.49. The summed E-state index contributed by atoms with van der Waals surface area (Å²) in [4.78, 5) is 0. The van der Waals surface area contributed by atoms with Gasteiger partial charge in [0, 0.05) is 6.04 Å². The van der Waals surface area contributed by atoms with E-state index < -0.39 is 0 Å². The Morgan fingerprint density at radius 3 is 2.78 bits per heavy atom. The van der Waals surface area contributed by atoms with Crippen LogP contribution in [0.25, 0.3) is 0 Å². The minimum Gasteiger partial charge on any atom is -0.489 e. The average molecular weight is 251 g/mol. The standard InChI is InChI=1S/C15H22FNO/c1-4-11(3)10-18-15-7-6-13(16)8-12(15)9-14(17)5-2/h6-8,14H,3-5,9-10,17H2,1-2H3. The monoisotopic (exact) mass is 251 g/mol. The molecular formula is C15H22FNO. The van der Waals surface area contributed by atoms with Crippen molar-refractivity contribution >= 4 is 0 Å². The molecule has 0 saturated carbocycles. The van der Waals surface area contributed by atoms with E-state index >= 15 is 0 Å². The molecule has 0 amide bonds. The maximum atomic E-state index is 13.3. The molecule has 0 spiro atoms. The summed E-state index contributed by atoms with van der Waals surface area (Å²) in [6.07, 6.45) is 2.37. The Morgan fingerprint density at radius 2 is 2.17 bits per heavy atom. The Bertz CT molecular complexity index is 403. The molecule has 0 heterocycles. The number of hydrogen-bond donors (Lipinski definition) is 1. The van der Waals surface area contributed by atoms with Crippen LogP contribution < -0.4 is 10.5 Å². The SMILES string of the molecule is C=C(CC)COc1ccc(F)cc1CC(N)CC. The molecule has 100 valence electrons. The zero-order valence-corrected chi connectivity index (χ0v) is 11.2. The van der Waals surface area contributed by atoms with Gasteiger partial charge in [-0.25, -0.2) is 4.39 Å². The minimum absolute atomic E-state index is 0.0310. The van der Waals surface area contributed by atoms with Crippen LogP contribution in [-0.4, -0.2) is 12.6 Å². The molecule has 0 aromatic heterocycles. The van der Waals surface area contributed by atoms with Gasteiger partial charge in [0.25, 0.3) is 0 Å². The van der Waals surface area contributed by atoms with E-state index in [-0.39, 0.29) is 11.9 Å². The first-order valence-corrected chi connectivity index (χ1v) is 6.40. The lowest BCUT2D eigenvalue weighted by Crippen LogP contribution is -2.22. The molecule has 2 N–H and O–H groups in total. The second-order valence-electron chi connectivity index (χ2n) is 4.52. The molecule has 0 radical (unpaired) electrons. The summed E-state index contributed by atoms with van der Waals surface area (Å²) in [5, 5.41) is 0. The van der Waals surface area contributed by atoms with Crippen LogP contribution in [0.4, 0.5) is 4.39 Å². The molecule has 0 aliphatic rings. The summed E-state index contributed by atoms with van der Waals surface area (Å²) in [5.41, 5.74) is 7.76. The van der Waals surface area contributed by atoms with E-state index in [9.17, 15) is 4.39 Å². The molecule has 1 unspecified atom stereocenters. The van der Waals surface area contributed by atoms with Crippen molar-refractivity contribution < 1.29 is 9.13 Å². The molecule has 0 bridgehead atoms. The summed E-state index contributed by atoms with van der Waals surface area (Å²) < 4.78 is 18.9. The smallest absolute Gasteiger partial charge is 0.123 e. The number of rotatable bonds is 7. The number of nitrogens with two attached hydrogens (primary N) is 1. The quantitative estimate of drug-likeness (QED) is 0.753. The second kappa shape index (κ2) is 7.17. The molecule has 1 aromatic rings. The predicted octanol–water partition coefficient (Wildman–Crippen LogP) is 3.45. The fourth-order valence-corrected chi connectivity index (χ4v) is 1.56. The third-order valence-electron chi connectivity index (χ3n) is 2.96. The lowest BCUT2D eigenvalue weighted by atomic mass is 10.0. The van der Waals surface area contributed by atoms with Gasteiger partial charge in [-0.15, -0.1) is 0 Å². The molecular weight excluding hydrogens is 229 g/mol. The fourth-order valence-electron chi connectivity index (χ4n) is 1.56. The summed E-state index contributed by atoms with van der Waals surface area (Å²) in [6.45, 7) is 8.41. The van der Waals surface area contributed by atoms with Crippen LogP contribution in [0.3, 0.4) is 0 Å². The molecule has 0 fully saturated rings. The first kappa shape index (κ1) is 14.7. The Kier molecular flexibility index (Phi) is 5.86. The van der Waals surface area contributed by atoms with Crippen molar-refractivity contribution in [1.82, 2.24) is 0 Å². The van der Waals surface area contributed by atoms with Crippen LogP contribution in [0, 0.1) is 5.82 Å². The zero-order valence-electron chi connectivity index (χ0n) is 11.2. The average Bonchev–Trinajstić information content (AvgIpc) is 2.37. The van der Waals surface area contributed by atoms with E-state index in [1.54, 1.807) is 6.07 Å². The Hall–Kier alpha value is -1.35. The Balaban J connectivity index is 2.79. The van der Waals surface area contributed by atoms with E-state index in [4.69, 9.17) is 10.5 Å². The molecule has 18 heavy (non-hydrogen) atoms. The Morgan fingerprint density at radius 1 is 1.44 bits per heavy atom. The number of halogens is 1. The highest BCUT2D eigenvalue weighted by Crippen LogP contribution is 2.22. The molecule has 0 aliphatic carbocycles. The molecule has 0 aliphatic heterocycles. The van der Waals surface area contributed by atoms with Crippen molar-refractivity contribution in [2.75, 3.05) is 6.61 Å². The van der Waals surface area contributed by atoms with E-state index in [1.807, 2.05) is 13.8 Å². The molecule has 1 rings (SSSR count). The van der Waals surface area contributed by atoms with Gasteiger partial charge in [-0.1, -0.05) is 20.4 Å². The normalized spacial score (nSPS) is 12.2. The topological polar surface area (TPSA) is 35.2 Å². The highest BCUT2D eigenvalue weighted by Gasteiger charge is 2.09. The van der Waals surface area contributed by atoms with E-state index in [1.165, 1.54) is 12.1 Å². The van der Waals surface area contributed by atoms with Gasteiger partial charge >= 0.3 is 0 Å². The number of benzene rings is 1. The molecule has 1 aromatic carbocycles. The van der Waals surface area contributed by atoms with Gasteiger partial charge in [0.05, 0.1) is 0 Å². The molecule has 1 atom stereocenters. The summed E-state index contributed by atoms with van der Waals surface area (Å²) in [6, 6.07) is 4.60. The molecule has 2 nitrogen and oxygen atoms in total. The zero-order chi connectivity index (χ0) is 13.5. The summed E-state index contributed by atoms with van der Waals surface area (Å²) in [7, 11) is 0. The van der Waals surface area contributed by atoms with Gasteiger partial charge in [-0.3, -0.25) is 0 Å². The summed E-state index contributed by atoms with van der Waals surface area (Å²) in [5.74, 6) is 0.449. The lowest BCUT2D eigenvalue weighted by molar-refractivity contribution is 0.343. The highest BCUT2D eigenvalue weighted by molar-refractivity contribution is 5.35. The van der Waals surface area contributed by atoms with E-state index in [0.29, 0.717) is 18.8 Å². The highest BCUT2D eigenvalue weighted by atomic mass is 19.1. The first-order chi connectivity index (χ1) is 8.56. The minimum atomic E-state index is -0.255. The lowest BCUT2D eigenvalue weighted by Gasteiger charge is -2.15. The predicted molar refractivity (Wildman–Crippen MR) is 73.3 cm³/mol. The largest absolute Gasteiger partial charge is 0.489 e. The Labute approximate surface area is 109 Å². The van der Waals surface area contributed by atoms with Gasteiger partial charge in [0.2, 0.25) is 0 Å². The van der Waals surface area contributed by atoms with Crippen LogP contribution in [0.2, 0.25) is 0 Å². The van der Waals surface area contributed by atoms with Gasteiger partial charge in [-0.05, 0) is 48.6 Å². The van der Waals surface area contributed by atoms with Gasteiger partial charge in [0.1, 0.15) is 18.2 Å². The van der Waals surface area contributed by atoms with Crippen LogP contribution in [-0.2, 0) is 6.42 Å². The summed E-state index contributed by atoms with van der Waals surface area (Å²) >= 11 is 0. The van der Waals surface area contributed by atoms with Gasteiger partial charge < -0.3 is 10.5 Å². The van der Waals surface area contributed by atoms with Crippen molar-refractivity contribution in [3.63, 3.8) is 0 Å². The van der Waals surface area contributed by atoms with Crippen molar-refractivity contribution in [3.8, 4) is 5.75 Å². The van der Waals surface area contributed by atoms with Crippen LogP contribution in [0.5, 0.6) is 5.75 Å². The molecule has 3 heteroatoms. The van der Waals surface area contributed by atoms with Crippen molar-refractivity contribution in [3.05, 3.63) is 41.7 Å². The van der Waals surface area contributed by atoms with Gasteiger partial charge in [-0.2, -0.15) is 0 Å². The first-order valence-electron chi connectivity index (χ1n) is 6.40. The van der Waals surface area contributed by atoms with Crippen molar-refractivity contribution in [2.45, 2.75) is 39.2 Å². The van der Waals surface area contributed by atoms with E-state index in [0.717, 1.165) is 24.0 Å². The third-order valence-corrected chi connectivity index (χ3v) is 2.96. The maximum Gasteiger partial charge on any atom is 0.123 e. The number of ether oxygens (including phenoxy) is 1. The van der Waals surface area contributed by atoms with Crippen LogP contribution >= 0.6 is 0 Å². The second-order valence-corrected chi connectivity index (χ2v) is 4.52. The van der Waals surface area contributed by atoms with E-state index in [2.05, 4.69) is 6.58 Å². The van der Waals surface area contributed by atoms with Crippen LogP contribution in [0.1, 0.15) is 32.3 Å². The maximum absolute atomic E-state index is 13.3. The molecule has 0 saturated heterocycles. The van der Waals surface area contributed by atoms with Crippen molar-refractivity contribution in [2.24, 2.45) is 5.73 Å². The number of hydrogen-bond acceptors (Lipinski definition) is 2. The van der Waals surface area contributed by atoms with Crippen LogP contribution in [0.15, 0.2) is 30.4 Å². The van der Waals surface area contributed by atoms with Crippen molar-refractivity contribution in [1.29, 1.82) is 0 Å². The fraction of sp³-hybridized carbons (Fsp3) is 0.467. The van der Waals surface area contributed by atoms with Gasteiger partial charge in [0.15, 0.2) is 0 Å².